The van der Waals surface area contributed by atoms with Crippen molar-refractivity contribution in [2.75, 3.05) is 12.3 Å². The minimum Gasteiger partial charge on any atom is -0.774 e. The number of anilines is 1. The maximum absolute atomic E-state index is 13.3. The molecule has 0 aliphatic carbocycles. The van der Waals surface area contributed by atoms with Gasteiger partial charge in [-0.05, 0) is 0 Å². The van der Waals surface area contributed by atoms with Gasteiger partial charge >= 0.3 is 5.40 Å². The van der Waals surface area contributed by atoms with E-state index in [-0.39, 0.29) is 23.4 Å². The summed E-state index contributed by atoms with van der Waals surface area (Å²) in [6, 6.07) is 0. The van der Waals surface area contributed by atoms with Gasteiger partial charge in [-0.25, -0.2) is 15.0 Å². The highest BCUT2D eigenvalue weighted by molar-refractivity contribution is 7.70. The van der Waals surface area contributed by atoms with Crippen molar-refractivity contribution in [1.82, 2.24) is 19.5 Å². The lowest BCUT2D eigenvalue weighted by atomic mass is 10.2. The summed E-state index contributed by atoms with van der Waals surface area (Å²) in [5, 5.41) is 4.47. The first-order valence-electron chi connectivity index (χ1n) is 7.49. The van der Waals surface area contributed by atoms with E-state index in [0.717, 1.165) is 6.33 Å². The van der Waals surface area contributed by atoms with Crippen LogP contribution in [0.3, 0.4) is 0 Å². The third-order valence-electron chi connectivity index (χ3n) is 3.98. The Morgan fingerprint density at radius 3 is 2.71 bits per heavy atom. The number of alkyl halides is 2. The number of aliphatic hydroxyl groups is 1. The Bertz CT molecular complexity index is 983. The number of halogens is 2. The second kappa shape index (κ2) is 7.04. The summed E-state index contributed by atoms with van der Waals surface area (Å²) in [6.07, 6.45) is -1.33. The van der Waals surface area contributed by atoms with Crippen molar-refractivity contribution in [3.8, 4) is 0 Å². The largest absolute Gasteiger partial charge is 0.774 e. The van der Waals surface area contributed by atoms with Gasteiger partial charge in [0, 0.05) is 6.42 Å². The van der Waals surface area contributed by atoms with E-state index in [4.69, 9.17) is 15.4 Å². The number of aromatic nitrogens is 4. The summed E-state index contributed by atoms with van der Waals surface area (Å²) in [7, 11) is -13.0. The Labute approximate surface area is 154 Å². The molecule has 0 aromatic carbocycles. The van der Waals surface area contributed by atoms with Gasteiger partial charge in [-0.1, -0.05) is 0 Å². The van der Waals surface area contributed by atoms with Gasteiger partial charge in [0.05, 0.1) is 19.0 Å². The van der Waals surface area contributed by atoms with Gasteiger partial charge in [0.15, 0.2) is 11.5 Å². The molecular formula is C11H13F2N5O8P2-2. The Hall–Kier alpha value is -1.57. The summed E-state index contributed by atoms with van der Waals surface area (Å²) in [5.41, 5.74) is 6.15. The molecule has 4 N–H and O–H groups in total. The zero-order valence-corrected chi connectivity index (χ0v) is 15.5. The van der Waals surface area contributed by atoms with Crippen LogP contribution in [-0.2, 0) is 18.4 Å². The van der Waals surface area contributed by atoms with Crippen LogP contribution >= 0.6 is 15.2 Å². The molecule has 2 unspecified atom stereocenters. The number of ether oxygens (including phenoxy) is 1. The first-order chi connectivity index (χ1) is 12.8. The third kappa shape index (κ3) is 3.55. The number of nitrogens with two attached hydrogens (primary N) is 1. The summed E-state index contributed by atoms with van der Waals surface area (Å²) >= 11 is 0. The highest BCUT2D eigenvalue weighted by atomic mass is 31.2. The molecule has 2 aromatic rings. The first kappa shape index (κ1) is 21.1. The SMILES string of the molecule is Nc1ncnc2c1ncn2[C@H]1C[C@H](O)[C@@H](COP(=O)([O-])C(F)(F)P(=O)([O-])O)O1. The van der Waals surface area contributed by atoms with Gasteiger partial charge in [-0.3, -0.25) is 4.57 Å². The normalized spacial score (nSPS) is 27.6. The monoisotopic (exact) mass is 443 g/mol. The summed E-state index contributed by atoms with van der Waals surface area (Å²) in [4.78, 5) is 42.1. The topological polar surface area (TPSA) is 209 Å². The van der Waals surface area contributed by atoms with Crippen molar-refractivity contribution in [2.45, 2.75) is 30.3 Å². The van der Waals surface area contributed by atoms with Crippen molar-refractivity contribution in [3.63, 3.8) is 0 Å². The van der Waals surface area contributed by atoms with E-state index in [2.05, 4.69) is 19.5 Å². The second-order valence-corrected chi connectivity index (χ2v) is 9.61. The fourth-order valence-corrected chi connectivity index (χ4v) is 4.43. The van der Waals surface area contributed by atoms with Gasteiger partial charge < -0.3 is 43.9 Å². The second-order valence-electron chi connectivity index (χ2n) is 5.84. The van der Waals surface area contributed by atoms with E-state index < -0.39 is 45.6 Å². The van der Waals surface area contributed by atoms with E-state index >= 15 is 0 Å². The molecule has 156 valence electrons. The van der Waals surface area contributed by atoms with Crippen LogP contribution in [0.2, 0.25) is 0 Å². The van der Waals surface area contributed by atoms with Crippen molar-refractivity contribution in [2.24, 2.45) is 0 Å². The Kier molecular flexibility index (Phi) is 5.32. The number of hydrogen-bond acceptors (Lipinski definition) is 11. The molecule has 0 spiro atoms. The molecule has 13 nitrogen and oxygen atoms in total. The quantitative estimate of drug-likeness (QED) is 0.446. The summed E-state index contributed by atoms with van der Waals surface area (Å²) in [5.74, 6) is 0.0859. The number of rotatable bonds is 6. The molecule has 1 saturated heterocycles. The molecule has 1 fully saturated rings. The van der Waals surface area contributed by atoms with Gasteiger partial charge in [0.2, 0.25) is 15.2 Å². The lowest BCUT2D eigenvalue weighted by Crippen LogP contribution is -2.33. The number of aliphatic hydroxyl groups excluding tert-OH is 1. The maximum Gasteiger partial charge on any atom is 0.368 e. The zero-order valence-electron chi connectivity index (χ0n) is 13.7. The molecule has 5 atom stereocenters. The molecule has 0 bridgehead atoms. The number of hydrogen-bond donors (Lipinski definition) is 3. The van der Waals surface area contributed by atoms with E-state index in [1.807, 2.05) is 0 Å². The Balaban J connectivity index is 1.73. The molecule has 0 amide bonds. The number of imidazole rings is 1. The van der Waals surface area contributed by atoms with Crippen LogP contribution < -0.4 is 15.5 Å². The number of nitrogens with zero attached hydrogens (tertiary/aromatic N) is 4. The van der Waals surface area contributed by atoms with Crippen molar-refractivity contribution >= 4 is 32.2 Å². The fraction of sp³-hybridized carbons (Fsp3) is 0.545. The maximum atomic E-state index is 13.3. The molecule has 0 radical (unpaired) electrons. The Morgan fingerprint density at radius 2 is 2.07 bits per heavy atom. The third-order valence-corrected chi connectivity index (χ3v) is 7.30. The van der Waals surface area contributed by atoms with Gasteiger partial charge in [-0.2, -0.15) is 8.78 Å². The summed E-state index contributed by atoms with van der Waals surface area (Å²) < 4.78 is 59.4. The predicted molar refractivity (Wildman–Crippen MR) is 82.6 cm³/mol. The standard InChI is InChI=1S/C11H15F2N5O8P2/c12-11(13,27(20,21)22)28(23,24)25-2-6-5(19)1-7(26-6)18-4-17-8-9(14)15-3-16-10(8)18/h3-7,19H,1-2H2,(H,23,24)(H2,14,15,16)(H2,20,21,22)/p-2/t5-,6+,7+/m0/s1. The van der Waals surface area contributed by atoms with Crippen LogP contribution in [0.25, 0.3) is 11.2 Å². The van der Waals surface area contributed by atoms with E-state index in [1.54, 1.807) is 0 Å². The lowest BCUT2D eigenvalue weighted by Gasteiger charge is -2.36. The first-order valence-corrected chi connectivity index (χ1v) is 10.6. The molecule has 2 aromatic heterocycles. The van der Waals surface area contributed by atoms with Crippen LogP contribution in [0, 0.1) is 0 Å². The van der Waals surface area contributed by atoms with E-state index in [9.17, 15) is 32.8 Å². The van der Waals surface area contributed by atoms with Crippen LogP contribution in [-0.4, -0.2) is 53.7 Å². The van der Waals surface area contributed by atoms with Crippen LogP contribution in [0.5, 0.6) is 0 Å². The number of nitrogen functional groups attached to an aromatic ring is 1. The van der Waals surface area contributed by atoms with Crippen LogP contribution in [0.1, 0.15) is 12.6 Å². The molecular weight excluding hydrogens is 430 g/mol. The van der Waals surface area contributed by atoms with E-state index in [1.165, 1.54) is 10.9 Å². The van der Waals surface area contributed by atoms with Crippen molar-refractivity contribution in [1.29, 1.82) is 0 Å². The lowest BCUT2D eigenvalue weighted by molar-refractivity contribution is -0.236. The predicted octanol–water partition coefficient (Wildman–Crippen LogP) is -1.28. The average molecular weight is 443 g/mol. The molecule has 17 heteroatoms. The average Bonchev–Trinajstić information content (AvgIpc) is 3.16. The molecule has 1 aliphatic rings. The molecule has 28 heavy (non-hydrogen) atoms. The highest BCUT2D eigenvalue weighted by Gasteiger charge is 2.53. The van der Waals surface area contributed by atoms with Gasteiger partial charge in [-0.15, -0.1) is 0 Å². The molecule has 1 aliphatic heterocycles. The van der Waals surface area contributed by atoms with Gasteiger partial charge in [0.1, 0.15) is 24.2 Å². The zero-order chi connectivity index (χ0) is 20.9. The molecule has 0 saturated carbocycles. The van der Waals surface area contributed by atoms with Gasteiger partial charge in [0.25, 0.3) is 0 Å². The van der Waals surface area contributed by atoms with Crippen molar-refractivity contribution < 1.29 is 47.0 Å². The van der Waals surface area contributed by atoms with Crippen LogP contribution in [0.15, 0.2) is 12.7 Å². The minimum atomic E-state index is -6.58. The highest BCUT2D eigenvalue weighted by Crippen LogP contribution is 2.69. The minimum absolute atomic E-state index is 0.0859. The Morgan fingerprint density at radius 1 is 1.39 bits per heavy atom. The molecule has 3 heterocycles. The molecule has 3 rings (SSSR count). The summed E-state index contributed by atoms with van der Waals surface area (Å²) in [6.45, 7) is -1.11. The van der Waals surface area contributed by atoms with Crippen molar-refractivity contribution in [3.05, 3.63) is 12.7 Å². The fourth-order valence-electron chi connectivity index (χ4n) is 2.52. The smallest absolute Gasteiger partial charge is 0.368 e. The number of fused-ring (bicyclic) bond motifs is 1. The van der Waals surface area contributed by atoms with E-state index in [0.29, 0.717) is 0 Å². The van der Waals surface area contributed by atoms with Crippen LogP contribution in [0.4, 0.5) is 14.6 Å².